The fraction of sp³-hybridized carbons (Fsp3) is 0. The molecular weight excluding hydrogens is 481 g/mol. The van der Waals surface area contributed by atoms with Crippen LogP contribution in [0.5, 0.6) is 0 Å². The van der Waals surface area contributed by atoms with Crippen molar-refractivity contribution in [2.24, 2.45) is 0 Å². The van der Waals surface area contributed by atoms with Gasteiger partial charge in [0.2, 0.25) is 0 Å². The zero-order valence-corrected chi connectivity index (χ0v) is 17.3. The molecule has 0 saturated carbocycles. The largest absolute Gasteiger partial charge is 1.00 e. The molecule has 1 N–H and O–H groups in total. The van der Waals surface area contributed by atoms with Crippen molar-refractivity contribution in [2.45, 2.75) is 0 Å². The number of ketones is 1. The number of carbonyl (C=O) groups excluding carboxylic acids is 2. The van der Waals surface area contributed by atoms with Gasteiger partial charge in [-0.3, -0.25) is 9.59 Å². The number of halogens is 1. The van der Waals surface area contributed by atoms with Crippen molar-refractivity contribution < 1.29 is 38.1 Å². The molecule has 7 heteroatoms. The number of imidazole rings is 1. The lowest BCUT2D eigenvalue weighted by Gasteiger charge is -2.03. The van der Waals surface area contributed by atoms with E-state index in [1.54, 1.807) is 65.5 Å². The van der Waals surface area contributed by atoms with Gasteiger partial charge in [-0.05, 0) is 24.3 Å². The molecule has 2 aromatic heterocycles. The summed E-state index contributed by atoms with van der Waals surface area (Å²) < 4.78 is 2.92. The molecule has 0 saturated heterocycles. The highest BCUT2D eigenvalue weighted by Crippen LogP contribution is 2.12. The van der Waals surface area contributed by atoms with E-state index in [4.69, 9.17) is 0 Å². The number of H-pyrrole nitrogens is 1. The molecule has 0 radical (unpaired) electrons. The Labute approximate surface area is 183 Å². The number of aldehydes is 1. The van der Waals surface area contributed by atoms with Gasteiger partial charge >= 0.3 is 11.5 Å². The van der Waals surface area contributed by atoms with Crippen molar-refractivity contribution in [2.75, 3.05) is 0 Å². The minimum absolute atomic E-state index is 0. The van der Waals surface area contributed by atoms with Gasteiger partial charge in [-0.15, -0.1) is 0 Å². The van der Waals surface area contributed by atoms with Gasteiger partial charge in [0, 0.05) is 11.1 Å². The van der Waals surface area contributed by atoms with Crippen LogP contribution in [-0.4, -0.2) is 21.6 Å². The molecule has 0 bridgehead atoms. The number of rotatable bonds is 5. The molecule has 0 aliphatic rings. The third-order valence-electron chi connectivity index (χ3n) is 4.42. The van der Waals surface area contributed by atoms with Gasteiger partial charge in [-0.1, -0.05) is 48.5 Å². The van der Waals surface area contributed by atoms with E-state index in [1.165, 1.54) is 4.57 Å². The van der Waals surface area contributed by atoms with Crippen LogP contribution < -0.4 is 34.2 Å². The van der Waals surface area contributed by atoms with Crippen LogP contribution in [0.3, 0.4) is 0 Å². The van der Waals surface area contributed by atoms with Crippen LogP contribution in [0.25, 0.3) is 11.5 Å². The Kier molecular flexibility index (Phi) is 6.18. The molecule has 0 amide bonds. The third-order valence-corrected chi connectivity index (χ3v) is 4.42. The van der Waals surface area contributed by atoms with Gasteiger partial charge in [0.25, 0.3) is 0 Å². The van der Waals surface area contributed by atoms with Crippen molar-refractivity contribution in [1.29, 1.82) is 0 Å². The fourth-order valence-corrected chi connectivity index (χ4v) is 3.06. The molecule has 29 heavy (non-hydrogen) atoms. The van der Waals surface area contributed by atoms with Crippen molar-refractivity contribution in [3.8, 4) is 11.5 Å². The molecule has 0 spiro atoms. The minimum atomic E-state index is -0.416. The van der Waals surface area contributed by atoms with Gasteiger partial charge in [0.15, 0.2) is 17.8 Å². The van der Waals surface area contributed by atoms with E-state index < -0.39 is 5.69 Å². The number of nitrogens with one attached hydrogen (secondary N) is 1. The second kappa shape index (κ2) is 8.78. The highest BCUT2D eigenvalue weighted by atomic mass is 127. The van der Waals surface area contributed by atoms with Gasteiger partial charge in [0.1, 0.15) is 0 Å². The minimum Gasteiger partial charge on any atom is -1.00 e. The van der Waals surface area contributed by atoms with Crippen LogP contribution in [0.15, 0.2) is 90.0 Å². The van der Waals surface area contributed by atoms with Gasteiger partial charge in [-0.2, -0.15) is 4.98 Å². The molecule has 2 heterocycles. The first-order valence-electron chi connectivity index (χ1n) is 8.66. The first kappa shape index (κ1) is 20.4. The number of aromatic nitrogens is 3. The van der Waals surface area contributed by atoms with Gasteiger partial charge in [0.05, 0.1) is 18.1 Å². The Hall–Kier alpha value is -3.33. The van der Waals surface area contributed by atoms with Crippen molar-refractivity contribution in [1.82, 2.24) is 9.55 Å². The zero-order chi connectivity index (χ0) is 19.5. The average molecular weight is 497 g/mol. The number of aromatic amines is 1. The maximum absolute atomic E-state index is 12.5. The number of carbonyl (C=O) groups is 2. The van der Waals surface area contributed by atoms with Crippen LogP contribution in [0.2, 0.25) is 0 Å². The third kappa shape index (κ3) is 3.95. The molecule has 4 rings (SSSR count). The van der Waals surface area contributed by atoms with Crippen molar-refractivity contribution in [3.63, 3.8) is 0 Å². The molecule has 0 unspecified atom stereocenters. The number of pyridine rings is 1. The van der Waals surface area contributed by atoms with Crippen molar-refractivity contribution in [3.05, 3.63) is 112 Å². The molecule has 4 aromatic rings. The standard InChI is InChI=1S/C22H15N3O3.HI/c26-15-19-21(23-22(28)25(19)18-9-5-2-6-10-18)24-13-11-17(12-14-24)20(27)16-7-3-1-4-8-16;/h1-15H;1H. The number of nitrogens with zero attached hydrogens (tertiary/aromatic N) is 2. The molecule has 2 aromatic carbocycles. The summed E-state index contributed by atoms with van der Waals surface area (Å²) in [6.45, 7) is 0. The summed E-state index contributed by atoms with van der Waals surface area (Å²) in [6.07, 6.45) is 3.92. The molecule has 6 nitrogen and oxygen atoms in total. The van der Waals surface area contributed by atoms with E-state index >= 15 is 0 Å². The number of benzene rings is 2. The smallest absolute Gasteiger partial charge is 0.418 e. The highest BCUT2D eigenvalue weighted by molar-refractivity contribution is 6.08. The molecule has 0 atom stereocenters. The first-order valence-corrected chi connectivity index (χ1v) is 8.66. The molecule has 0 aliphatic heterocycles. The molecular formula is C22H16IN3O3. The number of para-hydroxylation sites is 1. The van der Waals surface area contributed by atoms with Crippen LogP contribution in [-0.2, 0) is 0 Å². The Bertz CT molecular complexity index is 1200. The first-order chi connectivity index (χ1) is 13.7. The van der Waals surface area contributed by atoms with Crippen LogP contribution >= 0.6 is 0 Å². The van der Waals surface area contributed by atoms with Crippen molar-refractivity contribution >= 4 is 12.1 Å². The SMILES string of the molecule is O=Cc1c(-[n+]2ccc(C(=O)c3ccccc3)cc2)[nH]c(=O)n1-c1ccccc1.[I-]. The Morgan fingerprint density at radius 2 is 1.41 bits per heavy atom. The quantitative estimate of drug-likeness (QED) is 0.175. The fourth-order valence-electron chi connectivity index (χ4n) is 3.06. The van der Waals surface area contributed by atoms with E-state index in [-0.39, 0.29) is 35.5 Å². The summed E-state index contributed by atoms with van der Waals surface area (Å²) in [5.74, 6) is 0.237. The van der Waals surface area contributed by atoms with E-state index in [9.17, 15) is 14.4 Å². The molecule has 0 aliphatic carbocycles. The monoisotopic (exact) mass is 497 g/mol. The summed E-state index contributed by atoms with van der Waals surface area (Å²) in [5, 5.41) is 0. The van der Waals surface area contributed by atoms with Crippen LogP contribution in [0.4, 0.5) is 0 Å². The van der Waals surface area contributed by atoms with E-state index in [1.807, 2.05) is 24.3 Å². The summed E-state index contributed by atoms with van der Waals surface area (Å²) in [6, 6.07) is 21.2. The Morgan fingerprint density at radius 1 is 0.862 bits per heavy atom. The predicted octanol–water partition coefficient (Wildman–Crippen LogP) is -0.510. The lowest BCUT2D eigenvalue weighted by molar-refractivity contribution is -0.599. The second-order valence-electron chi connectivity index (χ2n) is 6.14. The maximum Gasteiger partial charge on any atom is 0.418 e. The van der Waals surface area contributed by atoms with Gasteiger partial charge in [-0.25, -0.2) is 13.9 Å². The summed E-state index contributed by atoms with van der Waals surface area (Å²) in [7, 11) is 0. The van der Waals surface area contributed by atoms with Gasteiger partial charge < -0.3 is 24.0 Å². The summed E-state index contributed by atoms with van der Waals surface area (Å²) in [5.41, 5.74) is 1.48. The van der Waals surface area contributed by atoms with Crippen LogP contribution in [0.1, 0.15) is 26.4 Å². The average Bonchev–Trinajstić information content (AvgIpc) is 3.10. The molecule has 0 fully saturated rings. The Morgan fingerprint density at radius 3 is 2.00 bits per heavy atom. The van der Waals surface area contributed by atoms with E-state index in [0.717, 1.165) is 0 Å². The lowest BCUT2D eigenvalue weighted by atomic mass is 10.0. The predicted molar refractivity (Wildman–Crippen MR) is 103 cm³/mol. The van der Waals surface area contributed by atoms with Crippen LogP contribution in [0, 0.1) is 0 Å². The summed E-state index contributed by atoms with van der Waals surface area (Å²) >= 11 is 0. The molecule has 144 valence electrons. The zero-order valence-electron chi connectivity index (χ0n) is 15.2. The number of hydrogen-bond acceptors (Lipinski definition) is 3. The Balaban J connectivity index is 0.00000240. The van der Waals surface area contributed by atoms with E-state index in [2.05, 4.69) is 4.98 Å². The highest BCUT2D eigenvalue weighted by Gasteiger charge is 2.23. The normalized spacial score (nSPS) is 10.2. The lowest BCUT2D eigenvalue weighted by Crippen LogP contribution is -3.00. The topological polar surface area (TPSA) is 75.8 Å². The second-order valence-corrected chi connectivity index (χ2v) is 6.14. The van der Waals surface area contributed by atoms with E-state index in [0.29, 0.717) is 28.9 Å². The maximum atomic E-state index is 12.5. The summed E-state index contributed by atoms with van der Waals surface area (Å²) in [4.78, 5) is 39.4. The number of hydrogen-bond donors (Lipinski definition) is 1.